The fraction of sp³-hybridized carbons (Fsp3) is 0.571. The summed E-state index contributed by atoms with van der Waals surface area (Å²) in [6, 6.07) is 22.7. The van der Waals surface area contributed by atoms with E-state index in [1.54, 1.807) is 0 Å². The summed E-state index contributed by atoms with van der Waals surface area (Å²) in [5.74, 6) is 1.62. The number of benzene rings is 2. The molecule has 1 aromatic heterocycles. The molecule has 202 valence electrons. The van der Waals surface area contributed by atoms with E-state index in [0.29, 0.717) is 12.0 Å². The Labute approximate surface area is 227 Å². The molecule has 2 nitrogen and oxygen atoms in total. The van der Waals surface area contributed by atoms with Crippen molar-refractivity contribution in [2.75, 3.05) is 0 Å². The van der Waals surface area contributed by atoms with Gasteiger partial charge in [0, 0.05) is 29.8 Å². The quantitative estimate of drug-likeness (QED) is 0.159. The number of hydrogen-bond acceptors (Lipinski definition) is 1. The number of unbranched alkanes of at least 4 members (excludes halogenated alkanes) is 10. The van der Waals surface area contributed by atoms with E-state index in [9.17, 15) is 0 Å². The Morgan fingerprint density at radius 2 is 1.27 bits per heavy atom. The normalized spacial score (nSPS) is 14.1. The highest BCUT2D eigenvalue weighted by atomic mass is 15.1. The molecule has 3 aromatic rings. The van der Waals surface area contributed by atoms with Crippen LogP contribution in [0.25, 0.3) is 0 Å². The molecule has 2 atom stereocenters. The average Bonchev–Trinajstić information content (AvgIpc) is 3.40. The van der Waals surface area contributed by atoms with Crippen LogP contribution in [0.1, 0.15) is 134 Å². The summed E-state index contributed by atoms with van der Waals surface area (Å²) in [7, 11) is 0. The van der Waals surface area contributed by atoms with Crippen molar-refractivity contribution in [2.45, 2.75) is 129 Å². The van der Waals surface area contributed by atoms with Crippen LogP contribution in [0.15, 0.2) is 73.1 Å². The molecule has 1 heterocycles. The molecular weight excluding hydrogens is 448 g/mol. The van der Waals surface area contributed by atoms with Crippen LogP contribution >= 0.6 is 0 Å². The molecule has 0 aliphatic carbocycles. The Morgan fingerprint density at radius 1 is 0.730 bits per heavy atom. The lowest BCUT2D eigenvalue weighted by Gasteiger charge is -2.39. The zero-order valence-corrected chi connectivity index (χ0v) is 24.2. The summed E-state index contributed by atoms with van der Waals surface area (Å²) >= 11 is 0. The SMILES string of the molecule is CCCCCCCCCCCCCC(c1nccn1C(C)C)C(C)(Cc1ccccc1)c1ccccc1. The van der Waals surface area contributed by atoms with Crippen LogP contribution < -0.4 is 0 Å². The Morgan fingerprint density at radius 3 is 1.84 bits per heavy atom. The largest absolute Gasteiger partial charge is 0.332 e. The van der Waals surface area contributed by atoms with E-state index in [2.05, 4.69) is 99.1 Å². The second-order valence-corrected chi connectivity index (χ2v) is 11.6. The average molecular weight is 501 g/mol. The monoisotopic (exact) mass is 500 g/mol. The van der Waals surface area contributed by atoms with E-state index in [1.165, 1.54) is 94.0 Å². The van der Waals surface area contributed by atoms with Crippen LogP contribution in [0.5, 0.6) is 0 Å². The maximum absolute atomic E-state index is 5.00. The highest BCUT2D eigenvalue weighted by Gasteiger charge is 2.39. The minimum Gasteiger partial charge on any atom is -0.332 e. The molecule has 0 bridgehead atoms. The minimum absolute atomic E-state index is 0.0287. The van der Waals surface area contributed by atoms with Gasteiger partial charge in [0.15, 0.2) is 0 Å². The van der Waals surface area contributed by atoms with Crippen molar-refractivity contribution >= 4 is 0 Å². The fourth-order valence-electron chi connectivity index (χ4n) is 6.04. The molecule has 0 aliphatic heterocycles. The van der Waals surface area contributed by atoms with Crippen LogP contribution in [0, 0.1) is 0 Å². The first-order chi connectivity index (χ1) is 18.1. The zero-order valence-electron chi connectivity index (χ0n) is 24.2. The van der Waals surface area contributed by atoms with Crippen LogP contribution in [0.4, 0.5) is 0 Å². The number of hydrogen-bond donors (Lipinski definition) is 0. The smallest absolute Gasteiger partial charge is 0.112 e. The standard InChI is InChI=1S/C35H52N2/c1-5-6-7-8-9-10-11-12-13-14-21-26-33(34-36-27-28-37(34)30(2)3)35(4,32-24-19-16-20-25-32)29-31-22-17-15-18-23-31/h15-20,22-25,27-28,30,33H,5-14,21,26,29H2,1-4H3. The summed E-state index contributed by atoms with van der Waals surface area (Å²) in [6.07, 6.45) is 21.6. The maximum Gasteiger partial charge on any atom is 0.112 e. The number of nitrogens with zero attached hydrogens (tertiary/aromatic N) is 2. The Balaban J connectivity index is 1.71. The lowest BCUT2D eigenvalue weighted by atomic mass is 9.66. The molecular formula is C35H52N2. The van der Waals surface area contributed by atoms with Gasteiger partial charge in [-0.25, -0.2) is 4.98 Å². The van der Waals surface area contributed by atoms with Gasteiger partial charge in [-0.2, -0.15) is 0 Å². The lowest BCUT2D eigenvalue weighted by Crippen LogP contribution is -2.35. The van der Waals surface area contributed by atoms with Gasteiger partial charge in [0.05, 0.1) is 0 Å². The van der Waals surface area contributed by atoms with E-state index in [4.69, 9.17) is 4.98 Å². The van der Waals surface area contributed by atoms with Crippen molar-refractivity contribution in [3.63, 3.8) is 0 Å². The summed E-state index contributed by atoms with van der Waals surface area (Å²) < 4.78 is 2.41. The van der Waals surface area contributed by atoms with E-state index >= 15 is 0 Å². The minimum atomic E-state index is -0.0287. The first-order valence-corrected chi connectivity index (χ1v) is 15.2. The van der Waals surface area contributed by atoms with Crippen LogP contribution in [-0.2, 0) is 11.8 Å². The van der Waals surface area contributed by atoms with Crippen molar-refractivity contribution in [3.8, 4) is 0 Å². The molecule has 0 spiro atoms. The van der Waals surface area contributed by atoms with Gasteiger partial charge in [-0.3, -0.25) is 0 Å². The van der Waals surface area contributed by atoms with Crippen molar-refractivity contribution in [3.05, 3.63) is 90.0 Å². The molecule has 0 fully saturated rings. The third-order valence-corrected chi connectivity index (χ3v) is 8.28. The summed E-state index contributed by atoms with van der Waals surface area (Å²) in [6.45, 7) is 9.34. The Bertz CT molecular complexity index is 975. The topological polar surface area (TPSA) is 17.8 Å². The molecule has 37 heavy (non-hydrogen) atoms. The van der Waals surface area contributed by atoms with Gasteiger partial charge in [0.25, 0.3) is 0 Å². The Hall–Kier alpha value is -2.35. The first kappa shape index (κ1) is 29.2. The van der Waals surface area contributed by atoms with Gasteiger partial charge >= 0.3 is 0 Å². The van der Waals surface area contributed by atoms with Gasteiger partial charge in [0.1, 0.15) is 5.82 Å². The van der Waals surface area contributed by atoms with E-state index < -0.39 is 0 Å². The maximum atomic E-state index is 5.00. The van der Waals surface area contributed by atoms with Crippen molar-refractivity contribution in [2.24, 2.45) is 0 Å². The molecule has 0 amide bonds. The second kappa shape index (κ2) is 15.8. The van der Waals surface area contributed by atoms with E-state index in [0.717, 1.165) is 6.42 Å². The predicted octanol–water partition coefficient (Wildman–Crippen LogP) is 10.4. The Kier molecular flexibility index (Phi) is 12.5. The van der Waals surface area contributed by atoms with Gasteiger partial charge in [-0.05, 0) is 37.8 Å². The van der Waals surface area contributed by atoms with Gasteiger partial charge in [0.2, 0.25) is 0 Å². The summed E-state index contributed by atoms with van der Waals surface area (Å²) in [5.41, 5.74) is 2.80. The fourth-order valence-corrected chi connectivity index (χ4v) is 6.04. The second-order valence-electron chi connectivity index (χ2n) is 11.6. The van der Waals surface area contributed by atoms with Gasteiger partial charge in [-0.15, -0.1) is 0 Å². The molecule has 0 saturated carbocycles. The lowest BCUT2D eigenvalue weighted by molar-refractivity contribution is 0.318. The molecule has 0 N–H and O–H groups in total. The van der Waals surface area contributed by atoms with E-state index in [1.807, 2.05) is 6.20 Å². The molecule has 0 saturated heterocycles. The highest BCUT2D eigenvalue weighted by molar-refractivity contribution is 5.33. The molecule has 2 unspecified atom stereocenters. The van der Waals surface area contributed by atoms with Crippen molar-refractivity contribution in [1.82, 2.24) is 9.55 Å². The molecule has 2 heteroatoms. The molecule has 0 radical (unpaired) electrons. The third-order valence-electron chi connectivity index (χ3n) is 8.28. The van der Waals surface area contributed by atoms with Crippen molar-refractivity contribution in [1.29, 1.82) is 0 Å². The number of aromatic nitrogens is 2. The molecule has 2 aromatic carbocycles. The van der Waals surface area contributed by atoms with Crippen LogP contribution in [0.3, 0.4) is 0 Å². The summed E-state index contributed by atoms with van der Waals surface area (Å²) in [4.78, 5) is 5.00. The van der Waals surface area contributed by atoms with Gasteiger partial charge < -0.3 is 4.57 Å². The van der Waals surface area contributed by atoms with Gasteiger partial charge in [-0.1, -0.05) is 145 Å². The number of imidazole rings is 1. The number of rotatable bonds is 18. The predicted molar refractivity (Wildman–Crippen MR) is 160 cm³/mol. The molecule has 0 aliphatic rings. The summed E-state index contributed by atoms with van der Waals surface area (Å²) in [5, 5.41) is 0. The zero-order chi connectivity index (χ0) is 26.3. The first-order valence-electron chi connectivity index (χ1n) is 15.2. The van der Waals surface area contributed by atoms with Crippen LogP contribution in [0.2, 0.25) is 0 Å². The third kappa shape index (κ3) is 8.87. The highest BCUT2D eigenvalue weighted by Crippen LogP contribution is 2.44. The van der Waals surface area contributed by atoms with E-state index in [-0.39, 0.29) is 5.41 Å². The van der Waals surface area contributed by atoms with Crippen LogP contribution in [-0.4, -0.2) is 9.55 Å². The molecule has 3 rings (SSSR count). The van der Waals surface area contributed by atoms with Crippen molar-refractivity contribution < 1.29 is 0 Å².